The van der Waals surface area contributed by atoms with Crippen LogP contribution >= 0.6 is 0 Å². The number of hydrogen-bond donors (Lipinski definition) is 0. The minimum absolute atomic E-state index is 0.832. The van der Waals surface area contributed by atoms with Crippen LogP contribution in [0.25, 0.3) is 0 Å². The van der Waals surface area contributed by atoms with Gasteiger partial charge in [-0.25, -0.2) is 5.01 Å². The zero-order chi connectivity index (χ0) is 7.98. The summed E-state index contributed by atoms with van der Waals surface area (Å²) in [5, 5.41) is 3.58. The van der Waals surface area contributed by atoms with E-state index in [-0.39, 0.29) is 0 Å². The van der Waals surface area contributed by atoms with Gasteiger partial charge in [0, 0.05) is 20.1 Å². The molecular weight excluding hydrogens is 128 g/mol. The maximum absolute atomic E-state index is 10.3. The smallest absolute Gasteiger partial charge is 0.223 e. The van der Waals surface area contributed by atoms with Crippen LogP contribution in [0, 0.1) is 0 Å². The van der Waals surface area contributed by atoms with E-state index >= 15 is 0 Å². The molecule has 0 rings (SSSR count). The average molecular weight is 144 g/mol. The fraction of sp³-hybridized carbons (Fsp3) is 0.857. The SMILES string of the molecule is CCCN(CC)N(C)C=O. The highest BCUT2D eigenvalue weighted by Crippen LogP contribution is 1.92. The first-order valence-electron chi connectivity index (χ1n) is 3.69. The Balaban J connectivity index is 3.67. The molecule has 0 aliphatic carbocycles. The highest BCUT2D eigenvalue weighted by Gasteiger charge is 2.03. The van der Waals surface area contributed by atoms with Gasteiger partial charge in [0.1, 0.15) is 0 Å². The van der Waals surface area contributed by atoms with Gasteiger partial charge in [-0.1, -0.05) is 13.8 Å². The first-order valence-corrected chi connectivity index (χ1v) is 3.69. The summed E-state index contributed by atoms with van der Waals surface area (Å²) in [6.45, 7) is 5.98. The van der Waals surface area contributed by atoms with Crippen molar-refractivity contribution in [3.63, 3.8) is 0 Å². The first kappa shape index (κ1) is 9.43. The Morgan fingerprint density at radius 2 is 2.00 bits per heavy atom. The first-order chi connectivity index (χ1) is 4.76. The number of carbonyl (C=O) groups is 1. The van der Waals surface area contributed by atoms with Gasteiger partial charge in [0.25, 0.3) is 0 Å². The predicted octanol–water partition coefficient (Wildman–Crippen LogP) is 0.722. The van der Waals surface area contributed by atoms with Crippen LogP contribution in [0.3, 0.4) is 0 Å². The minimum Gasteiger partial charge on any atom is -0.281 e. The molecule has 1 amide bonds. The summed E-state index contributed by atoms with van der Waals surface area (Å²) in [5.41, 5.74) is 0. The van der Waals surface area contributed by atoms with Crippen molar-refractivity contribution < 1.29 is 4.79 Å². The molecular formula is C7H16N2O. The van der Waals surface area contributed by atoms with E-state index in [2.05, 4.69) is 6.92 Å². The summed E-state index contributed by atoms with van der Waals surface area (Å²) in [7, 11) is 1.77. The Hall–Kier alpha value is -0.570. The van der Waals surface area contributed by atoms with Crippen LogP contribution in [0.2, 0.25) is 0 Å². The molecule has 0 N–H and O–H groups in total. The van der Waals surface area contributed by atoms with Crippen LogP contribution in [0.5, 0.6) is 0 Å². The zero-order valence-corrected chi connectivity index (χ0v) is 7.00. The molecule has 0 aliphatic rings. The number of amides is 1. The van der Waals surface area contributed by atoms with Crippen molar-refractivity contribution in [2.45, 2.75) is 20.3 Å². The molecule has 0 aromatic carbocycles. The molecule has 0 atom stereocenters. The van der Waals surface area contributed by atoms with Crippen molar-refractivity contribution in [2.24, 2.45) is 0 Å². The molecule has 0 aliphatic heterocycles. The average Bonchev–Trinajstić information content (AvgIpc) is 1.99. The van der Waals surface area contributed by atoms with E-state index in [4.69, 9.17) is 0 Å². The second-order valence-electron chi connectivity index (χ2n) is 2.23. The molecule has 0 bridgehead atoms. The van der Waals surface area contributed by atoms with E-state index in [0.29, 0.717) is 0 Å². The molecule has 3 nitrogen and oxygen atoms in total. The van der Waals surface area contributed by atoms with E-state index < -0.39 is 0 Å². The van der Waals surface area contributed by atoms with E-state index in [1.165, 1.54) is 0 Å². The van der Waals surface area contributed by atoms with Gasteiger partial charge in [0.05, 0.1) is 0 Å². The van der Waals surface area contributed by atoms with Crippen molar-refractivity contribution in [1.29, 1.82) is 0 Å². The lowest BCUT2D eigenvalue weighted by atomic mass is 10.4. The predicted molar refractivity (Wildman–Crippen MR) is 41.4 cm³/mol. The number of rotatable bonds is 5. The second kappa shape index (κ2) is 5.23. The van der Waals surface area contributed by atoms with Crippen LogP contribution in [-0.2, 0) is 4.79 Å². The van der Waals surface area contributed by atoms with Gasteiger partial charge in [-0.2, -0.15) is 0 Å². The van der Waals surface area contributed by atoms with Gasteiger partial charge < -0.3 is 0 Å². The lowest BCUT2D eigenvalue weighted by molar-refractivity contribution is -0.130. The Morgan fingerprint density at radius 1 is 1.40 bits per heavy atom. The van der Waals surface area contributed by atoms with Crippen molar-refractivity contribution in [1.82, 2.24) is 10.0 Å². The van der Waals surface area contributed by atoms with Gasteiger partial charge in [-0.3, -0.25) is 9.80 Å². The Bertz CT molecular complexity index is 95.6. The molecule has 3 heteroatoms. The highest BCUT2D eigenvalue weighted by atomic mass is 16.1. The summed E-state index contributed by atoms with van der Waals surface area (Å²) in [4.78, 5) is 10.3. The monoisotopic (exact) mass is 144 g/mol. The number of hydrogen-bond acceptors (Lipinski definition) is 2. The molecule has 0 saturated heterocycles. The highest BCUT2D eigenvalue weighted by molar-refractivity contribution is 5.45. The normalized spacial score (nSPS) is 10.0. The summed E-state index contributed by atoms with van der Waals surface area (Å²) >= 11 is 0. The summed E-state index contributed by atoms with van der Waals surface area (Å²) in [6.07, 6.45) is 1.91. The number of hydrazine groups is 1. The topological polar surface area (TPSA) is 23.6 Å². The molecule has 60 valence electrons. The third-order valence-electron chi connectivity index (χ3n) is 1.45. The van der Waals surface area contributed by atoms with Crippen LogP contribution in [0.15, 0.2) is 0 Å². The van der Waals surface area contributed by atoms with Crippen LogP contribution in [-0.4, -0.2) is 36.6 Å². The molecule has 0 aromatic heterocycles. The molecule has 0 spiro atoms. The quantitative estimate of drug-likeness (QED) is 0.419. The van der Waals surface area contributed by atoms with Crippen LogP contribution in [0.4, 0.5) is 0 Å². The molecule has 0 saturated carbocycles. The van der Waals surface area contributed by atoms with E-state index in [1.54, 1.807) is 12.1 Å². The van der Waals surface area contributed by atoms with E-state index in [1.807, 2.05) is 11.9 Å². The summed E-state index contributed by atoms with van der Waals surface area (Å²) < 4.78 is 0. The van der Waals surface area contributed by atoms with E-state index in [0.717, 1.165) is 25.9 Å². The molecule has 0 heterocycles. The van der Waals surface area contributed by atoms with Crippen molar-refractivity contribution in [2.75, 3.05) is 20.1 Å². The Labute approximate surface area is 62.6 Å². The number of nitrogens with zero attached hydrogens (tertiary/aromatic N) is 2. The van der Waals surface area contributed by atoms with Gasteiger partial charge in [0.2, 0.25) is 6.41 Å². The van der Waals surface area contributed by atoms with Crippen LogP contribution in [0.1, 0.15) is 20.3 Å². The fourth-order valence-corrected chi connectivity index (χ4v) is 0.864. The van der Waals surface area contributed by atoms with Gasteiger partial charge in [-0.05, 0) is 6.42 Å². The van der Waals surface area contributed by atoms with Gasteiger partial charge >= 0.3 is 0 Å². The molecule has 0 unspecified atom stereocenters. The molecule has 0 aromatic rings. The van der Waals surface area contributed by atoms with Gasteiger partial charge in [-0.15, -0.1) is 0 Å². The fourth-order valence-electron chi connectivity index (χ4n) is 0.864. The standard InChI is InChI=1S/C7H16N2O/c1-4-6-9(5-2)8(3)7-10/h7H,4-6H2,1-3H3. The lowest BCUT2D eigenvalue weighted by Crippen LogP contribution is -2.39. The molecule has 0 fully saturated rings. The van der Waals surface area contributed by atoms with Crippen molar-refractivity contribution in [3.8, 4) is 0 Å². The van der Waals surface area contributed by atoms with Gasteiger partial charge in [0.15, 0.2) is 0 Å². The largest absolute Gasteiger partial charge is 0.281 e. The van der Waals surface area contributed by atoms with Crippen LogP contribution < -0.4 is 0 Å². The number of carbonyl (C=O) groups excluding carboxylic acids is 1. The Morgan fingerprint density at radius 3 is 2.30 bits per heavy atom. The molecule has 10 heavy (non-hydrogen) atoms. The van der Waals surface area contributed by atoms with E-state index in [9.17, 15) is 4.79 Å². The Kier molecular flexibility index (Phi) is 4.94. The third-order valence-corrected chi connectivity index (χ3v) is 1.45. The second-order valence-corrected chi connectivity index (χ2v) is 2.23. The maximum atomic E-state index is 10.3. The van der Waals surface area contributed by atoms with Crippen molar-refractivity contribution in [3.05, 3.63) is 0 Å². The maximum Gasteiger partial charge on any atom is 0.223 e. The summed E-state index contributed by atoms with van der Waals surface area (Å²) in [5.74, 6) is 0. The lowest BCUT2D eigenvalue weighted by Gasteiger charge is -2.26. The molecule has 0 radical (unpaired) electrons. The zero-order valence-electron chi connectivity index (χ0n) is 7.00. The van der Waals surface area contributed by atoms with Crippen molar-refractivity contribution >= 4 is 6.41 Å². The summed E-state index contributed by atoms with van der Waals surface area (Å²) in [6, 6.07) is 0. The minimum atomic E-state index is 0.832. The third kappa shape index (κ3) is 2.82.